The summed E-state index contributed by atoms with van der Waals surface area (Å²) in [5.74, 6) is 0.814. The Bertz CT molecular complexity index is 773. The average molecular weight is 388 g/mol. The number of hydrogen-bond donors (Lipinski definition) is 0. The topological polar surface area (TPSA) is 38.8 Å². The molecule has 0 spiro atoms. The molecule has 1 saturated carbocycles. The first-order valence-electron chi connectivity index (χ1n) is 9.31. The SMILES string of the molecule is COc1cccc(COC(C)C(=O)N(C2CC2)C(C)c2ccc(Cl)cc2)c1. The van der Waals surface area contributed by atoms with Crippen molar-refractivity contribution in [1.29, 1.82) is 0 Å². The molecule has 1 aliphatic carbocycles. The van der Waals surface area contributed by atoms with Crippen molar-refractivity contribution in [3.63, 3.8) is 0 Å². The summed E-state index contributed by atoms with van der Waals surface area (Å²) in [5, 5.41) is 0.699. The Labute approximate surface area is 166 Å². The van der Waals surface area contributed by atoms with Gasteiger partial charge in [-0.3, -0.25) is 4.79 Å². The molecule has 1 fully saturated rings. The average Bonchev–Trinajstić information content (AvgIpc) is 3.51. The number of halogens is 1. The van der Waals surface area contributed by atoms with Gasteiger partial charge in [-0.25, -0.2) is 0 Å². The van der Waals surface area contributed by atoms with Crippen LogP contribution in [0.3, 0.4) is 0 Å². The molecule has 2 aromatic carbocycles. The Kier molecular flexibility index (Phi) is 6.40. The molecule has 144 valence electrons. The lowest BCUT2D eigenvalue weighted by molar-refractivity contribution is -0.146. The maximum atomic E-state index is 13.1. The highest BCUT2D eigenvalue weighted by Crippen LogP contribution is 2.35. The van der Waals surface area contributed by atoms with Gasteiger partial charge in [0, 0.05) is 11.1 Å². The van der Waals surface area contributed by atoms with Gasteiger partial charge in [0.25, 0.3) is 5.91 Å². The summed E-state index contributed by atoms with van der Waals surface area (Å²) in [6.45, 7) is 4.26. The van der Waals surface area contributed by atoms with Gasteiger partial charge >= 0.3 is 0 Å². The lowest BCUT2D eigenvalue weighted by atomic mass is 10.1. The molecule has 0 N–H and O–H groups in total. The second kappa shape index (κ2) is 8.77. The normalized spacial score (nSPS) is 15.9. The van der Waals surface area contributed by atoms with Crippen molar-refractivity contribution in [1.82, 2.24) is 4.90 Å². The Balaban J connectivity index is 1.66. The van der Waals surface area contributed by atoms with Gasteiger partial charge < -0.3 is 14.4 Å². The number of benzene rings is 2. The predicted octanol–water partition coefficient (Wildman–Crippen LogP) is 5.01. The standard InChI is InChI=1S/C22H26ClNO3/c1-15(18-7-9-19(23)10-8-18)24(20-11-12-20)22(25)16(2)27-14-17-5-4-6-21(13-17)26-3/h4-10,13,15-16,20H,11-12,14H2,1-3H3. The van der Waals surface area contributed by atoms with E-state index >= 15 is 0 Å². The number of rotatable bonds is 8. The number of amides is 1. The molecule has 0 bridgehead atoms. The molecule has 4 nitrogen and oxygen atoms in total. The van der Waals surface area contributed by atoms with Crippen LogP contribution >= 0.6 is 11.6 Å². The first-order valence-corrected chi connectivity index (χ1v) is 9.69. The molecule has 0 aromatic heterocycles. The molecule has 0 saturated heterocycles. The summed E-state index contributed by atoms with van der Waals surface area (Å²) in [6, 6.07) is 15.7. The van der Waals surface area contributed by atoms with E-state index in [1.807, 2.05) is 60.4 Å². The highest BCUT2D eigenvalue weighted by Gasteiger charge is 2.38. The van der Waals surface area contributed by atoms with E-state index < -0.39 is 6.10 Å². The zero-order valence-electron chi connectivity index (χ0n) is 16.0. The van der Waals surface area contributed by atoms with Crippen LogP contribution in [0, 0.1) is 0 Å². The molecule has 0 radical (unpaired) electrons. The molecule has 1 aliphatic rings. The summed E-state index contributed by atoms with van der Waals surface area (Å²) in [4.78, 5) is 15.1. The number of methoxy groups -OCH3 is 1. The molecular weight excluding hydrogens is 362 g/mol. The molecule has 5 heteroatoms. The van der Waals surface area contributed by atoms with E-state index in [2.05, 4.69) is 6.92 Å². The number of nitrogens with zero attached hydrogens (tertiary/aromatic N) is 1. The quantitative estimate of drug-likeness (QED) is 0.639. The van der Waals surface area contributed by atoms with Crippen LogP contribution in [0.1, 0.15) is 43.9 Å². The van der Waals surface area contributed by atoms with Gasteiger partial charge in [0.15, 0.2) is 0 Å². The van der Waals surface area contributed by atoms with Gasteiger partial charge in [-0.2, -0.15) is 0 Å². The predicted molar refractivity (Wildman–Crippen MR) is 107 cm³/mol. The van der Waals surface area contributed by atoms with Gasteiger partial charge in [0.1, 0.15) is 11.9 Å². The Morgan fingerprint density at radius 3 is 2.52 bits per heavy atom. The highest BCUT2D eigenvalue weighted by molar-refractivity contribution is 6.30. The minimum absolute atomic E-state index is 0.00913. The third-order valence-corrected chi connectivity index (χ3v) is 5.20. The van der Waals surface area contributed by atoms with Gasteiger partial charge in [-0.1, -0.05) is 35.9 Å². The van der Waals surface area contributed by atoms with Crippen molar-refractivity contribution in [3.05, 3.63) is 64.7 Å². The van der Waals surface area contributed by atoms with E-state index in [1.165, 1.54) is 0 Å². The van der Waals surface area contributed by atoms with Crippen molar-refractivity contribution < 1.29 is 14.3 Å². The second-order valence-corrected chi connectivity index (χ2v) is 7.45. The second-order valence-electron chi connectivity index (χ2n) is 7.01. The molecule has 2 unspecified atom stereocenters. The third kappa shape index (κ3) is 5.02. The van der Waals surface area contributed by atoms with E-state index in [0.717, 1.165) is 29.7 Å². The number of ether oxygens (including phenoxy) is 2. The first kappa shape index (κ1) is 19.7. The maximum absolute atomic E-state index is 13.1. The lowest BCUT2D eigenvalue weighted by Gasteiger charge is -2.32. The van der Waals surface area contributed by atoms with Crippen LogP contribution in [-0.4, -0.2) is 30.1 Å². The maximum Gasteiger partial charge on any atom is 0.252 e. The molecular formula is C22H26ClNO3. The summed E-state index contributed by atoms with van der Waals surface area (Å²) in [7, 11) is 1.64. The summed E-state index contributed by atoms with van der Waals surface area (Å²) in [6.07, 6.45) is 1.59. The zero-order chi connectivity index (χ0) is 19.4. The number of hydrogen-bond acceptors (Lipinski definition) is 3. The van der Waals surface area contributed by atoms with E-state index in [0.29, 0.717) is 17.7 Å². The van der Waals surface area contributed by atoms with Crippen LogP contribution < -0.4 is 4.74 Å². The minimum Gasteiger partial charge on any atom is -0.497 e. The largest absolute Gasteiger partial charge is 0.497 e. The highest BCUT2D eigenvalue weighted by atomic mass is 35.5. The van der Waals surface area contributed by atoms with Gasteiger partial charge in [-0.15, -0.1) is 0 Å². The Hall–Kier alpha value is -2.04. The first-order chi connectivity index (χ1) is 13.0. The molecule has 27 heavy (non-hydrogen) atoms. The third-order valence-electron chi connectivity index (χ3n) is 4.95. The zero-order valence-corrected chi connectivity index (χ0v) is 16.8. The molecule has 1 amide bonds. The molecule has 3 rings (SSSR count). The minimum atomic E-state index is -0.508. The van der Waals surface area contributed by atoms with E-state index in [9.17, 15) is 4.79 Å². The van der Waals surface area contributed by atoms with E-state index in [4.69, 9.17) is 21.1 Å². The van der Waals surface area contributed by atoms with Crippen LogP contribution in [-0.2, 0) is 16.1 Å². The van der Waals surface area contributed by atoms with Crippen LogP contribution in [0.2, 0.25) is 5.02 Å². The molecule has 0 heterocycles. The van der Waals surface area contributed by atoms with E-state index in [-0.39, 0.29) is 11.9 Å². The van der Waals surface area contributed by atoms with Crippen LogP contribution in [0.15, 0.2) is 48.5 Å². The molecule has 2 aromatic rings. The van der Waals surface area contributed by atoms with Gasteiger partial charge in [0.2, 0.25) is 0 Å². The lowest BCUT2D eigenvalue weighted by Crippen LogP contribution is -2.42. The smallest absolute Gasteiger partial charge is 0.252 e. The van der Waals surface area contributed by atoms with Crippen LogP contribution in [0.5, 0.6) is 5.75 Å². The van der Waals surface area contributed by atoms with Crippen molar-refractivity contribution in [3.8, 4) is 5.75 Å². The number of carbonyl (C=O) groups is 1. The monoisotopic (exact) mass is 387 g/mol. The number of carbonyl (C=O) groups excluding carboxylic acids is 1. The summed E-state index contributed by atoms with van der Waals surface area (Å²) < 4.78 is 11.1. The summed E-state index contributed by atoms with van der Waals surface area (Å²) >= 11 is 6.00. The fraction of sp³-hybridized carbons (Fsp3) is 0.409. The molecule has 2 atom stereocenters. The van der Waals surface area contributed by atoms with Crippen molar-refractivity contribution in [2.24, 2.45) is 0 Å². The Morgan fingerprint density at radius 1 is 1.19 bits per heavy atom. The fourth-order valence-electron chi connectivity index (χ4n) is 3.21. The summed E-state index contributed by atoms with van der Waals surface area (Å²) in [5.41, 5.74) is 2.07. The van der Waals surface area contributed by atoms with E-state index in [1.54, 1.807) is 7.11 Å². The van der Waals surface area contributed by atoms with Gasteiger partial charge in [0.05, 0.1) is 19.8 Å². The van der Waals surface area contributed by atoms with Gasteiger partial charge in [-0.05, 0) is 62.1 Å². The van der Waals surface area contributed by atoms with Crippen molar-refractivity contribution in [2.75, 3.05) is 7.11 Å². The fourth-order valence-corrected chi connectivity index (χ4v) is 3.33. The molecule has 0 aliphatic heterocycles. The van der Waals surface area contributed by atoms with Crippen molar-refractivity contribution in [2.45, 2.75) is 51.5 Å². The van der Waals surface area contributed by atoms with Crippen LogP contribution in [0.25, 0.3) is 0 Å². The van der Waals surface area contributed by atoms with Crippen molar-refractivity contribution >= 4 is 17.5 Å². The van der Waals surface area contributed by atoms with Crippen LogP contribution in [0.4, 0.5) is 0 Å². The Morgan fingerprint density at radius 2 is 1.89 bits per heavy atom.